The van der Waals surface area contributed by atoms with Crippen LogP contribution < -0.4 is 9.64 Å². The second-order valence-electron chi connectivity index (χ2n) is 4.48. The lowest BCUT2D eigenvalue weighted by Crippen LogP contribution is -2.21. The van der Waals surface area contributed by atoms with Crippen LogP contribution in [0.25, 0.3) is 0 Å². The van der Waals surface area contributed by atoms with Gasteiger partial charge in [0.1, 0.15) is 17.4 Å². The fourth-order valence-corrected chi connectivity index (χ4v) is 1.86. The molecule has 100 valence electrons. The zero-order valence-electron chi connectivity index (χ0n) is 11.6. The lowest BCUT2D eigenvalue weighted by Gasteiger charge is -2.18. The number of hydrogen-bond acceptors (Lipinski definition) is 4. The molecule has 1 aromatic heterocycles. The monoisotopic (exact) mass is 257 g/mol. The lowest BCUT2D eigenvalue weighted by atomic mass is 10.1. The minimum Gasteiger partial charge on any atom is -0.497 e. The third-order valence-corrected chi connectivity index (χ3v) is 3.05. The van der Waals surface area contributed by atoms with Gasteiger partial charge >= 0.3 is 0 Å². The summed E-state index contributed by atoms with van der Waals surface area (Å²) < 4.78 is 5.15. The molecule has 2 rings (SSSR count). The van der Waals surface area contributed by atoms with Gasteiger partial charge in [-0.15, -0.1) is 0 Å². The van der Waals surface area contributed by atoms with Crippen LogP contribution in [0.5, 0.6) is 5.75 Å². The molecule has 0 unspecified atom stereocenters. The van der Waals surface area contributed by atoms with E-state index in [9.17, 15) is 0 Å². The van der Waals surface area contributed by atoms with Crippen molar-refractivity contribution < 1.29 is 4.74 Å². The minimum absolute atomic E-state index is 0.800. The molecule has 0 bridgehead atoms. The average Bonchev–Trinajstić information content (AvgIpc) is 2.45. The van der Waals surface area contributed by atoms with Crippen molar-refractivity contribution in [3.63, 3.8) is 0 Å². The number of nitrogens with zero attached hydrogens (tertiary/aromatic N) is 3. The molecule has 0 saturated heterocycles. The maximum Gasteiger partial charge on any atom is 0.131 e. The molecule has 0 aliphatic carbocycles. The van der Waals surface area contributed by atoms with Gasteiger partial charge in [-0.05, 0) is 37.1 Å². The van der Waals surface area contributed by atoms with Crippen LogP contribution in [-0.4, -0.2) is 30.7 Å². The van der Waals surface area contributed by atoms with Crippen LogP contribution in [0.3, 0.4) is 0 Å². The maximum atomic E-state index is 5.15. The van der Waals surface area contributed by atoms with Crippen molar-refractivity contribution in [2.75, 3.05) is 25.6 Å². The number of methoxy groups -OCH3 is 1. The van der Waals surface area contributed by atoms with Crippen LogP contribution >= 0.6 is 0 Å². The van der Waals surface area contributed by atoms with Crippen LogP contribution in [0.4, 0.5) is 5.82 Å². The summed E-state index contributed by atoms with van der Waals surface area (Å²) in [5.74, 6) is 2.65. The SMILES string of the molecule is COc1ccc(CCN(C)c2ccnc(C)n2)cc1. The number of rotatable bonds is 5. The first-order chi connectivity index (χ1) is 9.19. The Hall–Kier alpha value is -2.10. The van der Waals surface area contributed by atoms with Gasteiger partial charge in [0.25, 0.3) is 0 Å². The Balaban J connectivity index is 1.94. The van der Waals surface area contributed by atoms with E-state index in [2.05, 4.69) is 27.0 Å². The first-order valence-corrected chi connectivity index (χ1v) is 6.33. The first kappa shape index (κ1) is 13.3. The standard InChI is InChI=1S/C15H19N3O/c1-12-16-10-8-15(17-12)18(2)11-9-13-4-6-14(19-3)7-5-13/h4-8,10H,9,11H2,1-3H3. The Bertz CT molecular complexity index is 525. The number of aromatic nitrogens is 2. The molecule has 4 heteroatoms. The predicted octanol–water partition coefficient (Wildman–Crippen LogP) is 2.47. The summed E-state index contributed by atoms with van der Waals surface area (Å²) in [7, 11) is 3.73. The minimum atomic E-state index is 0.800. The fraction of sp³-hybridized carbons (Fsp3) is 0.333. The molecule has 0 radical (unpaired) electrons. The van der Waals surface area contributed by atoms with Gasteiger partial charge in [0, 0.05) is 19.8 Å². The number of benzene rings is 1. The van der Waals surface area contributed by atoms with Crippen LogP contribution in [0.1, 0.15) is 11.4 Å². The molecule has 0 N–H and O–H groups in total. The van der Waals surface area contributed by atoms with Crippen molar-refractivity contribution in [2.45, 2.75) is 13.3 Å². The van der Waals surface area contributed by atoms with Crippen molar-refractivity contribution in [1.82, 2.24) is 9.97 Å². The van der Waals surface area contributed by atoms with Gasteiger partial charge < -0.3 is 9.64 Å². The Labute approximate surface area is 114 Å². The molecular formula is C15H19N3O. The lowest BCUT2D eigenvalue weighted by molar-refractivity contribution is 0.414. The van der Waals surface area contributed by atoms with Crippen molar-refractivity contribution in [3.05, 3.63) is 47.9 Å². The summed E-state index contributed by atoms with van der Waals surface area (Å²) in [6, 6.07) is 10.1. The first-order valence-electron chi connectivity index (χ1n) is 6.33. The van der Waals surface area contributed by atoms with E-state index in [-0.39, 0.29) is 0 Å². The van der Waals surface area contributed by atoms with E-state index < -0.39 is 0 Å². The highest BCUT2D eigenvalue weighted by molar-refractivity contribution is 5.36. The van der Waals surface area contributed by atoms with E-state index in [1.165, 1.54) is 5.56 Å². The summed E-state index contributed by atoms with van der Waals surface area (Å²) >= 11 is 0. The highest BCUT2D eigenvalue weighted by Gasteiger charge is 2.03. The van der Waals surface area contributed by atoms with Crippen molar-refractivity contribution in [2.24, 2.45) is 0 Å². The average molecular weight is 257 g/mol. The third-order valence-electron chi connectivity index (χ3n) is 3.05. The largest absolute Gasteiger partial charge is 0.497 e. The van der Waals surface area contributed by atoms with Gasteiger partial charge in [-0.1, -0.05) is 12.1 Å². The Morgan fingerprint density at radius 2 is 1.89 bits per heavy atom. The third kappa shape index (κ3) is 3.68. The molecule has 19 heavy (non-hydrogen) atoms. The molecule has 0 fully saturated rings. The van der Waals surface area contributed by atoms with Crippen LogP contribution in [0, 0.1) is 6.92 Å². The molecule has 0 spiro atoms. The van der Waals surface area contributed by atoms with Gasteiger partial charge in [-0.25, -0.2) is 9.97 Å². The summed E-state index contributed by atoms with van der Waals surface area (Å²) in [6.07, 6.45) is 2.77. The summed E-state index contributed by atoms with van der Waals surface area (Å²) in [4.78, 5) is 10.7. The molecule has 0 amide bonds. The Kier molecular flexibility index (Phi) is 4.34. The van der Waals surface area contributed by atoms with Crippen LogP contribution in [0.2, 0.25) is 0 Å². The molecule has 1 aromatic carbocycles. The molecule has 2 aromatic rings. The van der Waals surface area contributed by atoms with Gasteiger partial charge in [0.2, 0.25) is 0 Å². The van der Waals surface area contributed by atoms with E-state index in [1.54, 1.807) is 13.3 Å². The molecule has 0 atom stereocenters. The maximum absolute atomic E-state index is 5.15. The summed E-state index contributed by atoms with van der Waals surface area (Å²) in [5, 5.41) is 0. The second kappa shape index (κ2) is 6.18. The predicted molar refractivity (Wildman–Crippen MR) is 76.7 cm³/mol. The fourth-order valence-electron chi connectivity index (χ4n) is 1.86. The number of anilines is 1. The van der Waals surface area contributed by atoms with Gasteiger partial charge in [-0.2, -0.15) is 0 Å². The number of aryl methyl sites for hydroxylation is 1. The number of hydrogen-bond donors (Lipinski definition) is 0. The zero-order valence-corrected chi connectivity index (χ0v) is 11.6. The molecule has 0 aliphatic rings. The summed E-state index contributed by atoms with van der Waals surface area (Å²) in [6.45, 7) is 2.82. The molecular weight excluding hydrogens is 238 g/mol. The number of likely N-dealkylation sites (N-methyl/N-ethyl adjacent to an activating group) is 1. The highest BCUT2D eigenvalue weighted by Crippen LogP contribution is 2.13. The quantitative estimate of drug-likeness (QED) is 0.824. The molecule has 4 nitrogen and oxygen atoms in total. The van der Waals surface area contributed by atoms with Gasteiger partial charge in [-0.3, -0.25) is 0 Å². The Morgan fingerprint density at radius 1 is 1.16 bits per heavy atom. The second-order valence-corrected chi connectivity index (χ2v) is 4.48. The van der Waals surface area contributed by atoms with E-state index in [0.29, 0.717) is 0 Å². The molecule has 1 heterocycles. The topological polar surface area (TPSA) is 38.2 Å². The van der Waals surface area contributed by atoms with Crippen LogP contribution in [-0.2, 0) is 6.42 Å². The van der Waals surface area contributed by atoms with E-state index in [4.69, 9.17) is 4.74 Å². The van der Waals surface area contributed by atoms with E-state index in [1.807, 2.05) is 32.2 Å². The van der Waals surface area contributed by atoms with Crippen LogP contribution in [0.15, 0.2) is 36.5 Å². The van der Waals surface area contributed by atoms with Crippen molar-refractivity contribution >= 4 is 5.82 Å². The Morgan fingerprint density at radius 3 is 2.53 bits per heavy atom. The summed E-state index contributed by atoms with van der Waals surface area (Å²) in [5.41, 5.74) is 1.29. The highest BCUT2D eigenvalue weighted by atomic mass is 16.5. The van der Waals surface area contributed by atoms with E-state index >= 15 is 0 Å². The van der Waals surface area contributed by atoms with Gasteiger partial charge in [0.15, 0.2) is 0 Å². The number of ether oxygens (including phenoxy) is 1. The van der Waals surface area contributed by atoms with Gasteiger partial charge in [0.05, 0.1) is 7.11 Å². The van der Waals surface area contributed by atoms with Crippen molar-refractivity contribution in [1.29, 1.82) is 0 Å². The van der Waals surface area contributed by atoms with E-state index in [0.717, 1.165) is 30.4 Å². The normalized spacial score (nSPS) is 10.3. The molecule has 0 aliphatic heterocycles. The molecule has 0 saturated carbocycles. The van der Waals surface area contributed by atoms with Crippen molar-refractivity contribution in [3.8, 4) is 5.75 Å². The smallest absolute Gasteiger partial charge is 0.131 e. The zero-order chi connectivity index (χ0) is 13.7.